The van der Waals surface area contributed by atoms with Crippen molar-refractivity contribution in [1.82, 2.24) is 5.32 Å². The van der Waals surface area contributed by atoms with Crippen LogP contribution in [-0.2, 0) is 6.42 Å². The summed E-state index contributed by atoms with van der Waals surface area (Å²) in [5.41, 5.74) is 5.44. The van der Waals surface area contributed by atoms with Gasteiger partial charge in [0, 0.05) is 12.1 Å². The van der Waals surface area contributed by atoms with Crippen molar-refractivity contribution < 1.29 is 14.6 Å². The van der Waals surface area contributed by atoms with Gasteiger partial charge in [-0.1, -0.05) is 66.2 Å². The van der Waals surface area contributed by atoms with Gasteiger partial charge in [0.2, 0.25) is 0 Å². The number of nitrogens with one attached hydrogen (secondary N) is 1. The molecule has 31 heavy (non-hydrogen) atoms. The molecule has 3 rings (SSSR count). The zero-order valence-corrected chi connectivity index (χ0v) is 18.5. The average Bonchev–Trinajstić information content (AvgIpc) is 2.76. The number of benzene rings is 3. The molecule has 3 aromatic rings. The van der Waals surface area contributed by atoms with Gasteiger partial charge in [0.25, 0.3) is 0 Å². The molecule has 0 heterocycles. The van der Waals surface area contributed by atoms with E-state index in [-0.39, 0.29) is 12.4 Å². The molecule has 0 radical (unpaired) electrons. The molecule has 0 saturated heterocycles. The highest BCUT2D eigenvalue weighted by molar-refractivity contribution is 6.11. The van der Waals surface area contributed by atoms with Gasteiger partial charge >= 0.3 is 0 Å². The minimum absolute atomic E-state index is 0.0667. The van der Waals surface area contributed by atoms with E-state index < -0.39 is 6.10 Å². The van der Waals surface area contributed by atoms with Crippen molar-refractivity contribution in [3.63, 3.8) is 0 Å². The van der Waals surface area contributed by atoms with Crippen molar-refractivity contribution in [1.29, 1.82) is 0 Å². The predicted octanol–water partition coefficient (Wildman–Crippen LogP) is 4.41. The van der Waals surface area contributed by atoms with E-state index in [9.17, 15) is 9.90 Å². The van der Waals surface area contributed by atoms with Crippen LogP contribution in [-0.4, -0.2) is 36.7 Å². The Morgan fingerprint density at radius 1 is 0.968 bits per heavy atom. The largest absolute Gasteiger partial charge is 0.490 e. The van der Waals surface area contributed by atoms with Gasteiger partial charge in [-0.15, -0.1) is 0 Å². The summed E-state index contributed by atoms with van der Waals surface area (Å²) >= 11 is 0. The van der Waals surface area contributed by atoms with Crippen LogP contribution < -0.4 is 10.1 Å². The number of rotatable bonds is 10. The molecule has 0 aliphatic rings. The van der Waals surface area contributed by atoms with Crippen LogP contribution in [0.25, 0.3) is 0 Å². The smallest absolute Gasteiger partial charge is 0.197 e. The molecule has 0 aliphatic carbocycles. The van der Waals surface area contributed by atoms with Crippen molar-refractivity contribution in [3.8, 4) is 5.75 Å². The quantitative estimate of drug-likeness (QED) is 0.379. The second-order valence-corrected chi connectivity index (χ2v) is 8.05. The minimum Gasteiger partial charge on any atom is -0.490 e. The SMILES string of the molecule is Cc1ccc(C(=O)c2c(C)cc(C)cc2OCC(O)CNCCc2ccccc2)cc1. The Morgan fingerprint density at radius 3 is 2.39 bits per heavy atom. The number of hydrogen-bond acceptors (Lipinski definition) is 4. The Balaban J connectivity index is 1.60. The number of aliphatic hydroxyl groups is 1. The molecule has 3 aromatic carbocycles. The number of aryl methyl sites for hydroxylation is 3. The van der Waals surface area contributed by atoms with Crippen molar-refractivity contribution >= 4 is 5.78 Å². The lowest BCUT2D eigenvalue weighted by molar-refractivity contribution is 0.0988. The highest BCUT2D eigenvalue weighted by Crippen LogP contribution is 2.27. The van der Waals surface area contributed by atoms with Gasteiger partial charge in [0.1, 0.15) is 18.5 Å². The van der Waals surface area contributed by atoms with E-state index in [1.165, 1.54) is 5.56 Å². The van der Waals surface area contributed by atoms with E-state index in [2.05, 4.69) is 17.4 Å². The molecule has 4 heteroatoms. The number of ketones is 1. The first-order chi connectivity index (χ1) is 14.9. The van der Waals surface area contributed by atoms with Crippen LogP contribution in [0.5, 0.6) is 5.75 Å². The second kappa shape index (κ2) is 10.9. The van der Waals surface area contributed by atoms with E-state index in [4.69, 9.17) is 4.74 Å². The number of ether oxygens (including phenoxy) is 1. The van der Waals surface area contributed by atoms with Gasteiger partial charge < -0.3 is 15.2 Å². The van der Waals surface area contributed by atoms with Gasteiger partial charge in [-0.25, -0.2) is 0 Å². The fraction of sp³-hybridized carbons (Fsp3) is 0.296. The van der Waals surface area contributed by atoms with E-state index in [0.717, 1.165) is 29.7 Å². The fourth-order valence-electron chi connectivity index (χ4n) is 3.57. The fourth-order valence-corrected chi connectivity index (χ4v) is 3.57. The van der Waals surface area contributed by atoms with E-state index in [1.54, 1.807) is 0 Å². The molecule has 0 fully saturated rings. The molecule has 0 bridgehead atoms. The maximum atomic E-state index is 13.1. The average molecular weight is 418 g/mol. The molecule has 0 aliphatic heterocycles. The van der Waals surface area contributed by atoms with Crippen LogP contribution in [0.3, 0.4) is 0 Å². The van der Waals surface area contributed by atoms with Crippen LogP contribution >= 0.6 is 0 Å². The van der Waals surface area contributed by atoms with Crippen molar-refractivity contribution in [2.24, 2.45) is 0 Å². The maximum absolute atomic E-state index is 13.1. The Morgan fingerprint density at radius 2 is 1.68 bits per heavy atom. The summed E-state index contributed by atoms with van der Waals surface area (Å²) < 4.78 is 5.93. The number of hydrogen-bond donors (Lipinski definition) is 2. The summed E-state index contributed by atoms with van der Waals surface area (Å²) in [6.07, 6.45) is 0.236. The molecule has 1 atom stereocenters. The van der Waals surface area contributed by atoms with Gasteiger partial charge in [-0.2, -0.15) is 0 Å². The first-order valence-electron chi connectivity index (χ1n) is 10.7. The molecule has 0 spiro atoms. The topological polar surface area (TPSA) is 58.6 Å². The van der Waals surface area contributed by atoms with Crippen molar-refractivity contribution in [3.05, 3.63) is 100 Å². The highest BCUT2D eigenvalue weighted by atomic mass is 16.5. The summed E-state index contributed by atoms with van der Waals surface area (Å²) in [5.74, 6) is 0.453. The van der Waals surface area contributed by atoms with Gasteiger partial charge in [0.05, 0.1) is 5.56 Å². The summed E-state index contributed by atoms with van der Waals surface area (Å²) in [6, 6.07) is 21.6. The number of carbonyl (C=O) groups excluding carboxylic acids is 1. The van der Waals surface area contributed by atoms with E-state index in [0.29, 0.717) is 23.4 Å². The Labute approximate surface area is 184 Å². The molecular formula is C27H31NO3. The highest BCUT2D eigenvalue weighted by Gasteiger charge is 2.19. The summed E-state index contributed by atoms with van der Waals surface area (Å²) in [4.78, 5) is 13.1. The number of aliphatic hydroxyl groups excluding tert-OH is 1. The van der Waals surface area contributed by atoms with Crippen molar-refractivity contribution in [2.45, 2.75) is 33.3 Å². The third-order valence-electron chi connectivity index (χ3n) is 5.23. The molecule has 4 nitrogen and oxygen atoms in total. The zero-order valence-electron chi connectivity index (χ0n) is 18.5. The Kier molecular flexibility index (Phi) is 7.99. The lowest BCUT2D eigenvalue weighted by atomic mass is 9.96. The molecule has 0 aromatic heterocycles. The maximum Gasteiger partial charge on any atom is 0.197 e. The van der Waals surface area contributed by atoms with Crippen LogP contribution in [0.4, 0.5) is 0 Å². The third-order valence-corrected chi connectivity index (χ3v) is 5.23. The summed E-state index contributed by atoms with van der Waals surface area (Å²) in [7, 11) is 0. The van der Waals surface area contributed by atoms with Crippen LogP contribution in [0, 0.1) is 20.8 Å². The van der Waals surface area contributed by atoms with Crippen LogP contribution in [0.15, 0.2) is 66.7 Å². The minimum atomic E-state index is -0.668. The molecule has 0 saturated carbocycles. The van der Waals surface area contributed by atoms with Gasteiger partial charge in [-0.05, 0) is 56.5 Å². The number of carbonyl (C=O) groups is 1. The van der Waals surface area contributed by atoms with Gasteiger partial charge in [-0.3, -0.25) is 4.79 Å². The molecular weight excluding hydrogens is 386 g/mol. The lowest BCUT2D eigenvalue weighted by Gasteiger charge is -2.17. The molecule has 1 unspecified atom stereocenters. The van der Waals surface area contributed by atoms with E-state index >= 15 is 0 Å². The molecule has 0 amide bonds. The summed E-state index contributed by atoms with van der Waals surface area (Å²) in [5, 5.41) is 13.6. The van der Waals surface area contributed by atoms with Crippen LogP contribution in [0.1, 0.15) is 38.2 Å². The first kappa shape index (κ1) is 22.7. The third kappa shape index (κ3) is 6.51. The summed E-state index contributed by atoms with van der Waals surface area (Å²) in [6.45, 7) is 7.22. The zero-order chi connectivity index (χ0) is 22.2. The van der Waals surface area contributed by atoms with E-state index in [1.807, 2.05) is 75.4 Å². The normalized spacial score (nSPS) is 11.9. The Bertz CT molecular complexity index is 997. The Hall–Kier alpha value is -2.95. The van der Waals surface area contributed by atoms with Crippen molar-refractivity contribution in [2.75, 3.05) is 19.7 Å². The predicted molar refractivity (Wildman–Crippen MR) is 125 cm³/mol. The molecule has 162 valence electrons. The molecule has 2 N–H and O–H groups in total. The van der Waals surface area contributed by atoms with Crippen LogP contribution in [0.2, 0.25) is 0 Å². The van der Waals surface area contributed by atoms with Gasteiger partial charge in [0.15, 0.2) is 5.78 Å². The monoisotopic (exact) mass is 417 g/mol. The first-order valence-corrected chi connectivity index (χ1v) is 10.7. The second-order valence-electron chi connectivity index (χ2n) is 8.05. The standard InChI is InChI=1S/C27H31NO3/c1-19-9-11-23(12-10-19)27(30)26-21(3)15-20(2)16-25(26)31-18-24(29)17-28-14-13-22-7-5-4-6-8-22/h4-12,15-16,24,28-29H,13-14,17-18H2,1-3H3. The lowest BCUT2D eigenvalue weighted by Crippen LogP contribution is -2.32.